The number of benzene rings is 1. The van der Waals surface area contributed by atoms with Gasteiger partial charge in [0, 0.05) is 11.6 Å². The van der Waals surface area contributed by atoms with Gasteiger partial charge in [-0.3, -0.25) is 4.90 Å². The number of halogens is 2. The van der Waals surface area contributed by atoms with Crippen LogP contribution in [0, 0.1) is 11.7 Å². The van der Waals surface area contributed by atoms with Gasteiger partial charge in [-0.05, 0) is 57.8 Å². The van der Waals surface area contributed by atoms with E-state index >= 15 is 0 Å². The van der Waals surface area contributed by atoms with Gasteiger partial charge >= 0.3 is 0 Å². The summed E-state index contributed by atoms with van der Waals surface area (Å²) in [6.07, 6.45) is 2.38. The van der Waals surface area contributed by atoms with Crippen LogP contribution in [0.5, 0.6) is 0 Å². The van der Waals surface area contributed by atoms with E-state index in [2.05, 4.69) is 29.2 Å². The largest absolute Gasteiger partial charge is 0.362 e. The lowest BCUT2D eigenvalue weighted by Crippen LogP contribution is -2.66. The highest BCUT2D eigenvalue weighted by molar-refractivity contribution is 6.31. The highest BCUT2D eigenvalue weighted by atomic mass is 35.5. The first-order valence-electron chi connectivity index (χ1n) is 7.73. The maximum Gasteiger partial charge on any atom is 0.206 e. The Hall–Kier alpha value is -1.33. The van der Waals surface area contributed by atoms with Gasteiger partial charge < -0.3 is 9.84 Å². The highest BCUT2D eigenvalue weighted by Crippen LogP contribution is 2.41. The second-order valence-corrected chi connectivity index (χ2v) is 7.28. The number of hydrogen-bond donors (Lipinski definition) is 1. The molecule has 4 heterocycles. The molecular formula is C16H19ClFN3O. The zero-order valence-corrected chi connectivity index (χ0v) is 13.5. The van der Waals surface area contributed by atoms with E-state index in [9.17, 15) is 4.39 Å². The van der Waals surface area contributed by atoms with Crippen LogP contribution < -0.4 is 5.32 Å². The third-order valence-corrected chi connectivity index (χ3v) is 5.70. The van der Waals surface area contributed by atoms with Crippen molar-refractivity contribution in [1.29, 1.82) is 0 Å². The monoisotopic (exact) mass is 323 g/mol. The summed E-state index contributed by atoms with van der Waals surface area (Å²) in [5.41, 5.74) is 0.173. The second kappa shape index (κ2) is 4.83. The van der Waals surface area contributed by atoms with Crippen molar-refractivity contribution in [2.45, 2.75) is 38.3 Å². The predicted octanol–water partition coefficient (Wildman–Crippen LogP) is 3.91. The van der Waals surface area contributed by atoms with Crippen molar-refractivity contribution in [3.63, 3.8) is 0 Å². The second-order valence-electron chi connectivity index (χ2n) is 6.87. The van der Waals surface area contributed by atoms with Gasteiger partial charge in [-0.25, -0.2) is 4.39 Å². The average Bonchev–Trinajstić information content (AvgIpc) is 2.91. The standard InChI is InChI=1S/C16H19ClFN3O/c1-16(2)14(9-5-7-21(16)8-6-9)19-15-10-3-4-11(17)12(18)13(10)22-20-15/h3-4,9,14H,5-8H2,1-2H3,(H,19,20)/t14-/m1/s1. The van der Waals surface area contributed by atoms with Crippen LogP contribution in [0.1, 0.15) is 26.7 Å². The first kappa shape index (κ1) is 14.3. The molecule has 1 N–H and O–H groups in total. The molecule has 0 saturated carbocycles. The van der Waals surface area contributed by atoms with E-state index in [1.807, 2.05) is 0 Å². The minimum atomic E-state index is -0.548. The predicted molar refractivity (Wildman–Crippen MR) is 84.8 cm³/mol. The normalized spacial score (nSPS) is 29.9. The van der Waals surface area contributed by atoms with E-state index in [0.29, 0.717) is 17.1 Å². The summed E-state index contributed by atoms with van der Waals surface area (Å²) < 4.78 is 19.2. The summed E-state index contributed by atoms with van der Waals surface area (Å²) in [5.74, 6) is 0.675. The Kier molecular flexibility index (Phi) is 3.13. The summed E-state index contributed by atoms with van der Waals surface area (Å²) >= 11 is 5.80. The summed E-state index contributed by atoms with van der Waals surface area (Å²) in [7, 11) is 0. The van der Waals surface area contributed by atoms with Crippen molar-refractivity contribution < 1.29 is 8.91 Å². The van der Waals surface area contributed by atoms with E-state index < -0.39 is 5.82 Å². The van der Waals surface area contributed by atoms with Crippen LogP contribution in [0.15, 0.2) is 16.7 Å². The van der Waals surface area contributed by atoms with Gasteiger partial charge in [0.2, 0.25) is 5.58 Å². The van der Waals surface area contributed by atoms with Crippen LogP contribution in [0.2, 0.25) is 5.02 Å². The summed E-state index contributed by atoms with van der Waals surface area (Å²) in [6.45, 7) is 6.82. The van der Waals surface area contributed by atoms with Gasteiger partial charge in [-0.15, -0.1) is 0 Å². The molecule has 4 nitrogen and oxygen atoms in total. The van der Waals surface area contributed by atoms with Crippen LogP contribution in [0.25, 0.3) is 11.0 Å². The molecule has 3 saturated heterocycles. The molecule has 0 spiro atoms. The molecule has 118 valence electrons. The van der Waals surface area contributed by atoms with E-state index in [4.69, 9.17) is 16.1 Å². The average molecular weight is 324 g/mol. The van der Waals surface area contributed by atoms with Gasteiger partial charge in [0.05, 0.1) is 10.4 Å². The molecule has 22 heavy (non-hydrogen) atoms. The van der Waals surface area contributed by atoms with E-state index in [0.717, 1.165) is 13.1 Å². The van der Waals surface area contributed by atoms with E-state index in [-0.39, 0.29) is 22.2 Å². The van der Waals surface area contributed by atoms with Crippen molar-refractivity contribution in [1.82, 2.24) is 10.1 Å². The Morgan fingerprint density at radius 3 is 2.77 bits per heavy atom. The fourth-order valence-electron chi connectivity index (χ4n) is 4.08. The topological polar surface area (TPSA) is 41.3 Å². The number of hydrogen-bond acceptors (Lipinski definition) is 4. The van der Waals surface area contributed by atoms with Crippen molar-refractivity contribution in [2.75, 3.05) is 18.4 Å². The van der Waals surface area contributed by atoms with Gasteiger partial charge in [0.15, 0.2) is 11.6 Å². The third-order valence-electron chi connectivity index (χ3n) is 5.41. The zero-order valence-electron chi connectivity index (χ0n) is 12.7. The summed E-state index contributed by atoms with van der Waals surface area (Å²) in [4.78, 5) is 2.52. The lowest BCUT2D eigenvalue weighted by atomic mass is 9.72. The molecule has 0 unspecified atom stereocenters. The van der Waals surface area contributed by atoms with Crippen molar-refractivity contribution in [3.05, 3.63) is 23.0 Å². The molecule has 3 aliphatic rings. The van der Waals surface area contributed by atoms with Crippen LogP contribution >= 0.6 is 11.6 Å². The Balaban J connectivity index is 1.70. The maximum absolute atomic E-state index is 14.0. The smallest absolute Gasteiger partial charge is 0.206 e. The number of fused-ring (bicyclic) bond motifs is 4. The molecule has 3 aliphatic heterocycles. The van der Waals surface area contributed by atoms with Gasteiger partial charge in [0.1, 0.15) is 0 Å². The molecule has 1 atom stereocenters. The number of anilines is 1. The maximum atomic E-state index is 14.0. The minimum absolute atomic E-state index is 0.0530. The van der Waals surface area contributed by atoms with Crippen LogP contribution in [0.4, 0.5) is 10.2 Å². The minimum Gasteiger partial charge on any atom is -0.362 e. The highest BCUT2D eigenvalue weighted by Gasteiger charge is 2.47. The number of piperidine rings is 3. The van der Waals surface area contributed by atoms with E-state index in [1.165, 1.54) is 12.8 Å². The van der Waals surface area contributed by atoms with E-state index in [1.54, 1.807) is 12.1 Å². The Morgan fingerprint density at radius 1 is 1.36 bits per heavy atom. The van der Waals surface area contributed by atoms with Gasteiger partial charge in [-0.1, -0.05) is 16.8 Å². The molecule has 5 rings (SSSR count). The number of nitrogens with zero attached hydrogens (tertiary/aromatic N) is 2. The van der Waals surface area contributed by atoms with Crippen molar-refractivity contribution in [2.24, 2.45) is 5.92 Å². The molecule has 2 bridgehead atoms. The van der Waals surface area contributed by atoms with Gasteiger partial charge in [-0.2, -0.15) is 0 Å². The Bertz CT molecular complexity index is 721. The molecule has 2 aromatic rings. The SMILES string of the molecule is CC1(C)[C@H](Nc2noc3c(F)c(Cl)ccc23)C2CCN1CC2. The summed E-state index contributed by atoms with van der Waals surface area (Å²) in [6, 6.07) is 3.58. The first-order chi connectivity index (χ1) is 10.5. The molecule has 1 aromatic heterocycles. The fourth-order valence-corrected chi connectivity index (χ4v) is 4.23. The molecule has 1 aromatic carbocycles. The quantitative estimate of drug-likeness (QED) is 0.910. The lowest BCUT2D eigenvalue weighted by Gasteiger charge is -2.56. The Morgan fingerprint density at radius 2 is 2.09 bits per heavy atom. The lowest BCUT2D eigenvalue weighted by molar-refractivity contribution is -0.0189. The van der Waals surface area contributed by atoms with Crippen LogP contribution in [0.3, 0.4) is 0 Å². The fraction of sp³-hybridized carbons (Fsp3) is 0.562. The molecule has 0 aliphatic carbocycles. The van der Waals surface area contributed by atoms with Crippen molar-refractivity contribution >= 4 is 28.4 Å². The number of nitrogens with one attached hydrogen (secondary N) is 1. The third kappa shape index (κ3) is 1.95. The summed E-state index contributed by atoms with van der Waals surface area (Å²) in [5, 5.41) is 8.25. The van der Waals surface area contributed by atoms with Crippen molar-refractivity contribution in [3.8, 4) is 0 Å². The molecular weight excluding hydrogens is 305 g/mol. The van der Waals surface area contributed by atoms with Gasteiger partial charge in [0.25, 0.3) is 0 Å². The first-order valence-corrected chi connectivity index (χ1v) is 8.11. The molecule has 0 radical (unpaired) electrons. The number of aromatic nitrogens is 1. The van der Waals surface area contributed by atoms with Crippen LogP contribution in [-0.2, 0) is 0 Å². The van der Waals surface area contributed by atoms with Crippen LogP contribution in [-0.4, -0.2) is 34.7 Å². The molecule has 0 amide bonds. The Labute approximate surface area is 133 Å². The molecule has 6 heteroatoms. The molecule has 3 fully saturated rings. The zero-order chi connectivity index (χ0) is 15.5. The number of rotatable bonds is 2.